The number of guanidine groups is 1. The molecule has 33 heavy (non-hydrogen) atoms. The summed E-state index contributed by atoms with van der Waals surface area (Å²) in [6.07, 6.45) is 2.34. The average Bonchev–Trinajstić information content (AvgIpc) is 3.59. The minimum atomic E-state index is -0.352. The molecule has 1 unspecified atom stereocenters. The minimum absolute atomic E-state index is 0. The zero-order valence-electron chi connectivity index (χ0n) is 19.2. The molecule has 0 spiro atoms. The van der Waals surface area contributed by atoms with Crippen molar-refractivity contribution in [1.82, 2.24) is 10.6 Å². The number of anilines is 1. The molecule has 0 heterocycles. The van der Waals surface area contributed by atoms with Gasteiger partial charge in [-0.05, 0) is 55.5 Å². The highest BCUT2D eigenvalue weighted by Crippen LogP contribution is 2.30. The number of aliphatic imine (C=N–C) groups is 1. The molecule has 3 rings (SSSR count). The van der Waals surface area contributed by atoms with Gasteiger partial charge in [-0.3, -0.25) is 9.79 Å². The van der Waals surface area contributed by atoms with Gasteiger partial charge in [0.2, 0.25) is 5.91 Å². The maximum absolute atomic E-state index is 14.4. The maximum Gasteiger partial charge on any atom is 0.221 e. The van der Waals surface area contributed by atoms with Gasteiger partial charge in [-0.15, -0.1) is 24.0 Å². The molecule has 0 saturated heterocycles. The molecule has 0 aromatic heterocycles. The minimum Gasteiger partial charge on any atom is -0.492 e. The first-order chi connectivity index (χ1) is 15.4. The Balaban J connectivity index is 0.00000385. The summed E-state index contributed by atoms with van der Waals surface area (Å²) in [6, 6.07) is 12.1. The van der Waals surface area contributed by atoms with Crippen LogP contribution in [-0.4, -0.2) is 38.7 Å². The van der Waals surface area contributed by atoms with Gasteiger partial charge in [0.1, 0.15) is 12.4 Å². The van der Waals surface area contributed by atoms with Gasteiger partial charge in [0.05, 0.1) is 19.2 Å². The number of hydrogen-bond donors (Lipinski definition) is 3. The van der Waals surface area contributed by atoms with E-state index in [9.17, 15) is 9.18 Å². The van der Waals surface area contributed by atoms with Gasteiger partial charge in [-0.25, -0.2) is 4.39 Å². The van der Waals surface area contributed by atoms with E-state index in [4.69, 9.17) is 9.47 Å². The Morgan fingerprint density at radius 1 is 1.21 bits per heavy atom. The molecule has 1 saturated carbocycles. The van der Waals surface area contributed by atoms with Gasteiger partial charge >= 0.3 is 0 Å². The summed E-state index contributed by atoms with van der Waals surface area (Å²) < 4.78 is 25.7. The molecule has 0 radical (unpaired) electrons. The van der Waals surface area contributed by atoms with Crippen molar-refractivity contribution < 1.29 is 18.7 Å². The van der Waals surface area contributed by atoms with Crippen LogP contribution in [0.15, 0.2) is 47.5 Å². The molecule has 1 fully saturated rings. The van der Waals surface area contributed by atoms with Crippen LogP contribution in [0.1, 0.15) is 38.3 Å². The zero-order valence-corrected chi connectivity index (χ0v) is 21.5. The molecule has 1 aliphatic rings. The Kier molecular flexibility index (Phi) is 10.7. The van der Waals surface area contributed by atoms with Crippen molar-refractivity contribution in [1.29, 1.82) is 0 Å². The monoisotopic (exact) mass is 570 g/mol. The van der Waals surface area contributed by atoms with E-state index in [1.807, 2.05) is 25.1 Å². The number of rotatable bonds is 10. The first-order valence-electron chi connectivity index (χ1n) is 10.8. The Morgan fingerprint density at radius 3 is 2.67 bits per heavy atom. The van der Waals surface area contributed by atoms with Gasteiger partial charge in [-0.1, -0.05) is 12.1 Å². The fourth-order valence-electron chi connectivity index (χ4n) is 3.08. The third-order valence-electron chi connectivity index (χ3n) is 5.02. The second kappa shape index (κ2) is 13.2. The lowest BCUT2D eigenvalue weighted by atomic mass is 10.1. The van der Waals surface area contributed by atoms with Crippen LogP contribution in [0.4, 0.5) is 10.1 Å². The molecule has 7 nitrogen and oxygen atoms in total. The molecule has 0 aliphatic heterocycles. The normalized spacial score (nSPS) is 14.0. The highest BCUT2D eigenvalue weighted by Gasteiger charge is 2.22. The Morgan fingerprint density at radius 2 is 2.00 bits per heavy atom. The Bertz CT molecular complexity index is 953. The fraction of sp³-hybridized carbons (Fsp3) is 0.417. The summed E-state index contributed by atoms with van der Waals surface area (Å²) in [6.45, 7) is 4.90. The van der Waals surface area contributed by atoms with Crippen LogP contribution in [0.2, 0.25) is 0 Å². The lowest BCUT2D eigenvalue weighted by Crippen LogP contribution is -2.40. The number of nitrogens with zero attached hydrogens (tertiary/aromatic N) is 1. The maximum atomic E-state index is 14.4. The number of nitrogens with one attached hydrogen (secondary N) is 3. The number of hydrogen-bond acceptors (Lipinski definition) is 4. The Hall–Kier alpha value is -2.56. The number of halogens is 2. The van der Waals surface area contributed by atoms with E-state index in [2.05, 4.69) is 20.9 Å². The van der Waals surface area contributed by atoms with Gasteiger partial charge in [-0.2, -0.15) is 0 Å². The summed E-state index contributed by atoms with van der Waals surface area (Å²) >= 11 is 0. The summed E-state index contributed by atoms with van der Waals surface area (Å²) in [5.74, 6) is 1.64. The Labute approximate surface area is 211 Å². The molecule has 2 aromatic rings. The van der Waals surface area contributed by atoms with E-state index in [-0.39, 0.29) is 41.7 Å². The predicted molar refractivity (Wildman–Crippen MR) is 139 cm³/mol. The van der Waals surface area contributed by atoms with Crippen molar-refractivity contribution in [3.8, 4) is 11.5 Å². The van der Waals surface area contributed by atoms with Crippen LogP contribution in [0, 0.1) is 11.7 Å². The molecular weight excluding hydrogens is 538 g/mol. The molecule has 9 heteroatoms. The van der Waals surface area contributed by atoms with E-state index in [0.717, 1.165) is 5.56 Å². The third-order valence-corrected chi connectivity index (χ3v) is 5.02. The van der Waals surface area contributed by atoms with Crippen molar-refractivity contribution in [2.75, 3.05) is 32.1 Å². The largest absolute Gasteiger partial charge is 0.492 e. The van der Waals surface area contributed by atoms with Crippen molar-refractivity contribution in [2.24, 2.45) is 10.9 Å². The second-order valence-corrected chi connectivity index (χ2v) is 7.87. The van der Waals surface area contributed by atoms with E-state index in [0.29, 0.717) is 48.8 Å². The number of carbonyl (C=O) groups is 1. The van der Waals surface area contributed by atoms with Gasteiger partial charge in [0, 0.05) is 25.7 Å². The average molecular weight is 570 g/mol. The molecule has 3 N–H and O–H groups in total. The predicted octanol–water partition coefficient (Wildman–Crippen LogP) is 4.50. The van der Waals surface area contributed by atoms with Gasteiger partial charge in [0.25, 0.3) is 0 Å². The summed E-state index contributed by atoms with van der Waals surface area (Å²) in [5, 5.41) is 9.15. The van der Waals surface area contributed by atoms with E-state index < -0.39 is 0 Å². The molecule has 1 amide bonds. The summed E-state index contributed by atoms with van der Waals surface area (Å²) in [7, 11) is 1.68. The van der Waals surface area contributed by atoms with Crippen LogP contribution in [0.25, 0.3) is 0 Å². The molecule has 180 valence electrons. The SMILES string of the molecule is CN=C(NCCOc1cccc(NC(C)=O)c1)NC(C)c1ccc(OCC2CC2)c(F)c1.I. The van der Waals surface area contributed by atoms with Crippen molar-refractivity contribution >= 4 is 41.5 Å². The van der Waals surface area contributed by atoms with Crippen molar-refractivity contribution in [3.05, 3.63) is 53.8 Å². The third kappa shape index (κ3) is 9.07. The zero-order chi connectivity index (χ0) is 22.9. The number of amides is 1. The van der Waals surface area contributed by atoms with Crippen LogP contribution in [-0.2, 0) is 4.79 Å². The number of benzene rings is 2. The smallest absolute Gasteiger partial charge is 0.221 e. The molecule has 1 aliphatic carbocycles. The van der Waals surface area contributed by atoms with Gasteiger partial charge < -0.3 is 25.4 Å². The molecule has 1 atom stereocenters. The summed E-state index contributed by atoms with van der Waals surface area (Å²) in [4.78, 5) is 15.4. The van der Waals surface area contributed by atoms with E-state index >= 15 is 0 Å². The highest BCUT2D eigenvalue weighted by atomic mass is 127. The van der Waals surface area contributed by atoms with Crippen LogP contribution in [0.3, 0.4) is 0 Å². The van der Waals surface area contributed by atoms with Gasteiger partial charge in [0.15, 0.2) is 17.5 Å². The summed E-state index contributed by atoms with van der Waals surface area (Å²) in [5.41, 5.74) is 1.49. The fourth-order valence-corrected chi connectivity index (χ4v) is 3.08. The number of carbonyl (C=O) groups excluding carboxylic acids is 1. The van der Waals surface area contributed by atoms with E-state index in [1.165, 1.54) is 25.8 Å². The first-order valence-corrected chi connectivity index (χ1v) is 10.8. The number of ether oxygens (including phenoxy) is 2. The quantitative estimate of drug-likeness (QED) is 0.170. The molecular formula is C24H32FIN4O3. The van der Waals surface area contributed by atoms with Crippen LogP contribution >= 0.6 is 24.0 Å². The van der Waals surface area contributed by atoms with E-state index in [1.54, 1.807) is 25.2 Å². The standard InChI is InChI=1S/C24H31FN4O3.HI/c1-16(19-9-10-23(22(25)13-19)32-15-18-7-8-18)28-24(26-3)27-11-12-31-21-6-4-5-20(14-21)29-17(2)30;/h4-6,9-10,13-14,16,18H,7-8,11-12,15H2,1-3H3,(H,29,30)(H2,26,27,28);1H. The van der Waals surface area contributed by atoms with Crippen LogP contribution < -0.4 is 25.4 Å². The first kappa shape index (κ1) is 26.7. The second-order valence-electron chi connectivity index (χ2n) is 7.87. The van der Waals surface area contributed by atoms with Crippen molar-refractivity contribution in [2.45, 2.75) is 32.7 Å². The topological polar surface area (TPSA) is 84.0 Å². The lowest BCUT2D eigenvalue weighted by Gasteiger charge is -2.19. The lowest BCUT2D eigenvalue weighted by molar-refractivity contribution is -0.114. The van der Waals surface area contributed by atoms with Crippen molar-refractivity contribution in [3.63, 3.8) is 0 Å². The van der Waals surface area contributed by atoms with Crippen LogP contribution in [0.5, 0.6) is 11.5 Å². The highest BCUT2D eigenvalue weighted by molar-refractivity contribution is 14.0. The molecule has 0 bridgehead atoms. The molecule has 2 aromatic carbocycles.